The molecule has 2 aromatic carbocycles. The molecular weight excluding hydrogens is 369 g/mol. The molecule has 146 valence electrons. The van der Waals surface area contributed by atoms with Crippen molar-refractivity contribution in [1.82, 2.24) is 10.1 Å². The standard InChI is InChI=1S/C23H20FN3O2/c24-17-6-2-7-18-19(17)23(10-3-11-23)13-27(18)22(28)16-5-1-4-15(12-16)20-25-21(29-26-20)14-8-9-14/h1-2,4-7,12,14H,3,8-11,13H2. The van der Waals surface area contributed by atoms with E-state index in [4.69, 9.17) is 4.52 Å². The zero-order valence-corrected chi connectivity index (χ0v) is 15.9. The van der Waals surface area contributed by atoms with Crippen LogP contribution in [0.2, 0.25) is 0 Å². The van der Waals surface area contributed by atoms with E-state index in [2.05, 4.69) is 10.1 Å². The van der Waals surface area contributed by atoms with Gasteiger partial charge in [0.15, 0.2) is 0 Å². The van der Waals surface area contributed by atoms with E-state index in [1.165, 1.54) is 6.07 Å². The van der Waals surface area contributed by atoms with Gasteiger partial charge in [0.05, 0.1) is 5.69 Å². The number of amides is 1. The average Bonchev–Trinajstić information content (AvgIpc) is 3.32. The molecule has 29 heavy (non-hydrogen) atoms. The lowest BCUT2D eigenvalue weighted by molar-refractivity contribution is 0.0979. The number of hydrogen-bond donors (Lipinski definition) is 0. The lowest BCUT2D eigenvalue weighted by Crippen LogP contribution is -2.41. The van der Waals surface area contributed by atoms with E-state index in [1.807, 2.05) is 18.2 Å². The summed E-state index contributed by atoms with van der Waals surface area (Å²) in [6, 6.07) is 12.3. The first-order chi connectivity index (χ1) is 14.1. The first kappa shape index (κ1) is 16.9. The van der Waals surface area contributed by atoms with Crippen LogP contribution >= 0.6 is 0 Å². The smallest absolute Gasteiger partial charge is 0.258 e. The molecule has 1 aromatic heterocycles. The van der Waals surface area contributed by atoms with Gasteiger partial charge in [-0.2, -0.15) is 4.98 Å². The molecule has 3 aliphatic rings. The summed E-state index contributed by atoms with van der Waals surface area (Å²) in [5, 5.41) is 4.08. The van der Waals surface area contributed by atoms with Crippen LogP contribution in [0.4, 0.5) is 10.1 Å². The summed E-state index contributed by atoms with van der Waals surface area (Å²) in [5.41, 5.74) is 2.50. The van der Waals surface area contributed by atoms with Crippen molar-refractivity contribution in [3.63, 3.8) is 0 Å². The Morgan fingerprint density at radius 3 is 2.76 bits per heavy atom. The predicted octanol–water partition coefficient (Wildman–Crippen LogP) is 4.84. The molecule has 6 rings (SSSR count). The van der Waals surface area contributed by atoms with Crippen molar-refractivity contribution in [3.8, 4) is 11.4 Å². The topological polar surface area (TPSA) is 59.2 Å². The van der Waals surface area contributed by atoms with Crippen molar-refractivity contribution in [2.24, 2.45) is 0 Å². The first-order valence-electron chi connectivity index (χ1n) is 10.2. The quantitative estimate of drug-likeness (QED) is 0.643. The molecule has 0 atom stereocenters. The largest absolute Gasteiger partial charge is 0.339 e. The summed E-state index contributed by atoms with van der Waals surface area (Å²) in [5.74, 6) is 1.24. The summed E-state index contributed by atoms with van der Waals surface area (Å²) in [7, 11) is 0. The maximum absolute atomic E-state index is 14.6. The summed E-state index contributed by atoms with van der Waals surface area (Å²) >= 11 is 0. The third-order valence-electron chi connectivity index (χ3n) is 6.57. The number of nitrogens with zero attached hydrogens (tertiary/aromatic N) is 3. The highest BCUT2D eigenvalue weighted by atomic mass is 19.1. The fourth-order valence-corrected chi connectivity index (χ4v) is 4.72. The first-order valence-corrected chi connectivity index (χ1v) is 10.2. The zero-order chi connectivity index (χ0) is 19.6. The van der Waals surface area contributed by atoms with Crippen molar-refractivity contribution in [1.29, 1.82) is 0 Å². The Hall–Kier alpha value is -3.02. The molecule has 0 radical (unpaired) electrons. The molecule has 0 unspecified atom stereocenters. The minimum Gasteiger partial charge on any atom is -0.339 e. The van der Waals surface area contributed by atoms with Gasteiger partial charge in [0.25, 0.3) is 5.91 Å². The maximum Gasteiger partial charge on any atom is 0.258 e. The Morgan fingerprint density at radius 1 is 1.17 bits per heavy atom. The number of rotatable bonds is 3. The summed E-state index contributed by atoms with van der Waals surface area (Å²) in [6.07, 6.45) is 5.11. The molecule has 2 fully saturated rings. The third-order valence-corrected chi connectivity index (χ3v) is 6.57. The van der Waals surface area contributed by atoms with Crippen LogP contribution in [-0.4, -0.2) is 22.6 Å². The van der Waals surface area contributed by atoms with E-state index in [9.17, 15) is 9.18 Å². The lowest BCUT2D eigenvalue weighted by atomic mass is 9.65. The molecule has 0 bridgehead atoms. The molecule has 5 nitrogen and oxygen atoms in total. The number of benzene rings is 2. The Bertz CT molecular complexity index is 1130. The van der Waals surface area contributed by atoms with Crippen LogP contribution in [0.5, 0.6) is 0 Å². The van der Waals surface area contributed by atoms with Crippen LogP contribution in [-0.2, 0) is 5.41 Å². The zero-order valence-electron chi connectivity index (χ0n) is 15.9. The molecule has 2 saturated carbocycles. The highest BCUT2D eigenvalue weighted by Crippen LogP contribution is 2.53. The fourth-order valence-electron chi connectivity index (χ4n) is 4.72. The summed E-state index contributed by atoms with van der Waals surface area (Å²) < 4.78 is 20.0. The number of carbonyl (C=O) groups is 1. The minimum atomic E-state index is -0.221. The molecule has 0 N–H and O–H groups in total. The summed E-state index contributed by atoms with van der Waals surface area (Å²) in [6.45, 7) is 0.542. The SMILES string of the molecule is O=C(c1cccc(-c2noc(C3CC3)n2)c1)N1CC2(CCC2)c2c(F)cccc21. The number of carbonyl (C=O) groups excluding carboxylic acids is 1. The molecule has 1 aliphatic heterocycles. The minimum absolute atomic E-state index is 0.117. The molecule has 0 saturated heterocycles. The Balaban J connectivity index is 1.35. The highest BCUT2D eigenvalue weighted by molar-refractivity contribution is 6.08. The van der Waals surface area contributed by atoms with Crippen molar-refractivity contribution in [2.75, 3.05) is 11.4 Å². The van der Waals surface area contributed by atoms with Gasteiger partial charge < -0.3 is 9.42 Å². The van der Waals surface area contributed by atoms with E-state index in [0.29, 0.717) is 41.0 Å². The molecule has 6 heteroatoms. The van der Waals surface area contributed by atoms with Crippen LogP contribution in [0.15, 0.2) is 47.0 Å². The Morgan fingerprint density at radius 2 is 2.00 bits per heavy atom. The van der Waals surface area contributed by atoms with Gasteiger partial charge >= 0.3 is 0 Å². The Labute approximate surface area is 167 Å². The van der Waals surface area contributed by atoms with E-state index < -0.39 is 0 Å². The molecule has 1 spiro atoms. The van der Waals surface area contributed by atoms with E-state index in [1.54, 1.807) is 23.1 Å². The van der Waals surface area contributed by atoms with E-state index in [-0.39, 0.29) is 17.1 Å². The lowest BCUT2D eigenvalue weighted by Gasteiger charge is -2.39. The van der Waals surface area contributed by atoms with Gasteiger partial charge in [0, 0.05) is 34.6 Å². The second kappa shape index (κ2) is 5.99. The van der Waals surface area contributed by atoms with Gasteiger partial charge in [-0.3, -0.25) is 4.79 Å². The molecule has 3 aromatic rings. The normalized spacial score (nSPS) is 19.3. The Kier molecular flexibility index (Phi) is 3.49. The fraction of sp³-hybridized carbons (Fsp3) is 0.348. The number of halogens is 1. The van der Waals surface area contributed by atoms with Crippen molar-refractivity contribution < 1.29 is 13.7 Å². The van der Waals surface area contributed by atoms with Crippen LogP contribution in [0.3, 0.4) is 0 Å². The molecule has 1 amide bonds. The molecular formula is C23H20FN3O2. The number of hydrogen-bond acceptors (Lipinski definition) is 4. The number of aromatic nitrogens is 2. The number of anilines is 1. The van der Waals surface area contributed by atoms with Gasteiger partial charge in [-0.05, 0) is 49.9 Å². The van der Waals surface area contributed by atoms with Crippen molar-refractivity contribution in [3.05, 3.63) is 65.3 Å². The van der Waals surface area contributed by atoms with E-state index >= 15 is 0 Å². The summed E-state index contributed by atoms with van der Waals surface area (Å²) in [4.78, 5) is 19.6. The van der Waals surface area contributed by atoms with Crippen LogP contribution in [0.1, 0.15) is 59.8 Å². The van der Waals surface area contributed by atoms with Gasteiger partial charge in [-0.25, -0.2) is 4.39 Å². The van der Waals surface area contributed by atoms with Crippen molar-refractivity contribution >= 4 is 11.6 Å². The second-order valence-corrected chi connectivity index (χ2v) is 8.47. The van der Waals surface area contributed by atoms with Gasteiger partial charge in [-0.1, -0.05) is 29.8 Å². The van der Waals surface area contributed by atoms with E-state index in [0.717, 1.165) is 37.7 Å². The van der Waals surface area contributed by atoms with Crippen LogP contribution < -0.4 is 4.90 Å². The predicted molar refractivity (Wildman–Crippen MR) is 105 cm³/mol. The second-order valence-electron chi connectivity index (χ2n) is 8.47. The highest BCUT2D eigenvalue weighted by Gasteiger charge is 2.50. The third kappa shape index (κ3) is 2.55. The maximum atomic E-state index is 14.6. The molecule has 2 heterocycles. The van der Waals surface area contributed by atoms with Crippen LogP contribution in [0, 0.1) is 5.82 Å². The van der Waals surface area contributed by atoms with Crippen molar-refractivity contribution in [2.45, 2.75) is 43.4 Å². The van der Waals surface area contributed by atoms with Gasteiger partial charge in [0.2, 0.25) is 11.7 Å². The van der Waals surface area contributed by atoms with Crippen LogP contribution in [0.25, 0.3) is 11.4 Å². The van der Waals surface area contributed by atoms with Gasteiger partial charge in [0.1, 0.15) is 5.82 Å². The van der Waals surface area contributed by atoms with Gasteiger partial charge in [-0.15, -0.1) is 0 Å². The monoisotopic (exact) mass is 389 g/mol. The number of fused-ring (bicyclic) bond motifs is 2. The average molecular weight is 389 g/mol. The molecule has 2 aliphatic carbocycles.